The van der Waals surface area contributed by atoms with Gasteiger partial charge in [-0.05, 0) is 32.4 Å². The molecule has 6 heteroatoms. The van der Waals surface area contributed by atoms with Crippen molar-refractivity contribution in [3.63, 3.8) is 0 Å². The predicted molar refractivity (Wildman–Crippen MR) is 80.4 cm³/mol. The molecule has 0 saturated heterocycles. The molecule has 20 heavy (non-hydrogen) atoms. The van der Waals surface area contributed by atoms with Crippen molar-refractivity contribution >= 4 is 17.6 Å². The molecule has 0 saturated carbocycles. The summed E-state index contributed by atoms with van der Waals surface area (Å²) in [5.41, 5.74) is 9.26. The van der Waals surface area contributed by atoms with E-state index in [1.165, 1.54) is 11.6 Å². The van der Waals surface area contributed by atoms with Crippen molar-refractivity contribution in [3.05, 3.63) is 51.4 Å². The van der Waals surface area contributed by atoms with Gasteiger partial charge in [0.15, 0.2) is 0 Å². The van der Waals surface area contributed by atoms with Gasteiger partial charge in [0.05, 0.1) is 0 Å². The first kappa shape index (κ1) is 13.8. The lowest BCUT2D eigenvalue weighted by atomic mass is 10.1. The molecule has 0 radical (unpaired) electrons. The molecular formula is C14H17N5O. The molecule has 4 N–H and O–H groups in total. The van der Waals surface area contributed by atoms with Crippen LogP contribution in [0.5, 0.6) is 0 Å². The van der Waals surface area contributed by atoms with E-state index in [-0.39, 0.29) is 17.5 Å². The summed E-state index contributed by atoms with van der Waals surface area (Å²) < 4.78 is 0. The highest BCUT2D eigenvalue weighted by molar-refractivity contribution is 5.94. The maximum Gasteiger partial charge on any atom is 0.252 e. The first-order valence-electron chi connectivity index (χ1n) is 6.20. The second-order valence-corrected chi connectivity index (χ2v) is 4.65. The Bertz CT molecular complexity index is 718. The fourth-order valence-corrected chi connectivity index (χ4v) is 1.85. The molecule has 6 nitrogen and oxygen atoms in total. The zero-order valence-corrected chi connectivity index (χ0v) is 11.7. The third kappa shape index (κ3) is 3.44. The van der Waals surface area contributed by atoms with Crippen LogP contribution in [0.2, 0.25) is 0 Å². The number of aryl methyl sites for hydroxylation is 3. The average molecular weight is 271 g/mol. The Hall–Kier alpha value is -2.63. The van der Waals surface area contributed by atoms with E-state index in [4.69, 9.17) is 5.73 Å². The summed E-state index contributed by atoms with van der Waals surface area (Å²) in [4.78, 5) is 22.0. The first-order valence-corrected chi connectivity index (χ1v) is 6.20. The van der Waals surface area contributed by atoms with E-state index >= 15 is 0 Å². The minimum absolute atomic E-state index is 0.172. The molecule has 2 aromatic rings. The molecule has 0 atom stereocenters. The number of nitrogens with one attached hydrogen (secondary N) is 2. The van der Waals surface area contributed by atoms with Crippen LogP contribution in [-0.2, 0) is 0 Å². The van der Waals surface area contributed by atoms with Gasteiger partial charge in [-0.25, -0.2) is 4.98 Å². The SMILES string of the molecule is Cc1ccc(N/C(N)=N\c2nc(C)cc(=O)[nH]2)c(C)c1. The normalized spacial score (nSPS) is 11.4. The second kappa shape index (κ2) is 5.56. The monoisotopic (exact) mass is 271 g/mol. The summed E-state index contributed by atoms with van der Waals surface area (Å²) in [7, 11) is 0. The summed E-state index contributed by atoms with van der Waals surface area (Å²) in [6, 6.07) is 7.35. The van der Waals surface area contributed by atoms with Gasteiger partial charge >= 0.3 is 0 Å². The number of anilines is 1. The lowest BCUT2D eigenvalue weighted by Gasteiger charge is -2.09. The summed E-state index contributed by atoms with van der Waals surface area (Å²) in [6.07, 6.45) is 0. The van der Waals surface area contributed by atoms with Crippen molar-refractivity contribution in [1.29, 1.82) is 0 Å². The Labute approximate surface area is 116 Å². The fourth-order valence-electron chi connectivity index (χ4n) is 1.85. The van der Waals surface area contributed by atoms with Crippen LogP contribution in [0.15, 0.2) is 34.1 Å². The molecule has 1 heterocycles. The van der Waals surface area contributed by atoms with Crippen LogP contribution in [0.25, 0.3) is 0 Å². The zero-order valence-electron chi connectivity index (χ0n) is 11.7. The highest BCUT2D eigenvalue weighted by atomic mass is 16.1. The Balaban J connectivity index is 2.24. The van der Waals surface area contributed by atoms with Gasteiger partial charge in [-0.15, -0.1) is 0 Å². The first-order chi connectivity index (χ1) is 9.44. The molecule has 0 spiro atoms. The van der Waals surface area contributed by atoms with Gasteiger partial charge in [-0.3, -0.25) is 9.78 Å². The van der Waals surface area contributed by atoms with Crippen molar-refractivity contribution < 1.29 is 0 Å². The van der Waals surface area contributed by atoms with Gasteiger partial charge in [0.2, 0.25) is 11.9 Å². The number of guanidine groups is 1. The van der Waals surface area contributed by atoms with Crippen molar-refractivity contribution in [2.45, 2.75) is 20.8 Å². The smallest absolute Gasteiger partial charge is 0.252 e. The topological polar surface area (TPSA) is 96.2 Å². The van der Waals surface area contributed by atoms with E-state index < -0.39 is 0 Å². The van der Waals surface area contributed by atoms with E-state index in [1.807, 2.05) is 32.0 Å². The van der Waals surface area contributed by atoms with E-state index in [9.17, 15) is 4.79 Å². The summed E-state index contributed by atoms with van der Waals surface area (Å²) >= 11 is 0. The van der Waals surface area contributed by atoms with Gasteiger partial charge in [0.25, 0.3) is 5.56 Å². The quantitative estimate of drug-likeness (QED) is 0.572. The largest absolute Gasteiger partial charge is 0.369 e. The highest BCUT2D eigenvalue weighted by Crippen LogP contribution is 2.15. The molecular weight excluding hydrogens is 254 g/mol. The van der Waals surface area contributed by atoms with Crippen LogP contribution in [0.3, 0.4) is 0 Å². The molecule has 1 aromatic carbocycles. The van der Waals surface area contributed by atoms with Gasteiger partial charge < -0.3 is 11.1 Å². The number of rotatable bonds is 2. The molecule has 1 aromatic heterocycles. The number of aromatic nitrogens is 2. The summed E-state index contributed by atoms with van der Waals surface area (Å²) in [6.45, 7) is 5.73. The molecule has 0 bridgehead atoms. The van der Waals surface area contributed by atoms with Crippen LogP contribution in [-0.4, -0.2) is 15.9 Å². The van der Waals surface area contributed by atoms with Crippen LogP contribution >= 0.6 is 0 Å². The molecule has 2 rings (SSSR count). The fraction of sp³-hybridized carbons (Fsp3) is 0.214. The van der Waals surface area contributed by atoms with E-state index in [0.717, 1.165) is 11.3 Å². The van der Waals surface area contributed by atoms with E-state index in [1.54, 1.807) is 6.92 Å². The number of nitrogens with two attached hydrogens (primary N) is 1. The lowest BCUT2D eigenvalue weighted by molar-refractivity contribution is 1.05. The molecule has 0 aliphatic carbocycles. The molecule has 0 fully saturated rings. The van der Waals surface area contributed by atoms with Crippen LogP contribution in [0.4, 0.5) is 11.6 Å². The van der Waals surface area contributed by atoms with Crippen LogP contribution in [0.1, 0.15) is 16.8 Å². The van der Waals surface area contributed by atoms with E-state index in [2.05, 4.69) is 20.3 Å². The summed E-state index contributed by atoms with van der Waals surface area (Å²) in [5, 5.41) is 2.99. The number of nitrogens with zero attached hydrogens (tertiary/aromatic N) is 2. The number of aromatic amines is 1. The maximum atomic E-state index is 11.3. The average Bonchev–Trinajstić information content (AvgIpc) is 2.31. The number of hydrogen-bond acceptors (Lipinski definition) is 3. The standard InChI is InChI=1S/C14H17N5O/c1-8-4-5-11(9(2)6-8)17-13(15)19-14-16-10(3)7-12(20)18-14/h4-7H,1-3H3,(H4,15,16,17,18,19,20). The third-order valence-electron chi connectivity index (χ3n) is 2.73. The van der Waals surface area contributed by atoms with Crippen molar-refractivity contribution in [2.24, 2.45) is 10.7 Å². The predicted octanol–water partition coefficient (Wildman–Crippen LogP) is 1.75. The minimum atomic E-state index is -0.254. The molecule has 0 unspecified atom stereocenters. The number of hydrogen-bond donors (Lipinski definition) is 3. The van der Waals surface area contributed by atoms with Crippen molar-refractivity contribution in [3.8, 4) is 0 Å². The molecule has 104 valence electrons. The molecule has 0 aliphatic rings. The highest BCUT2D eigenvalue weighted by Gasteiger charge is 2.02. The maximum absolute atomic E-state index is 11.3. The number of aliphatic imine (C=N–C) groups is 1. The Morgan fingerprint density at radius 1 is 1.30 bits per heavy atom. The van der Waals surface area contributed by atoms with Gasteiger partial charge in [0.1, 0.15) is 0 Å². The van der Waals surface area contributed by atoms with E-state index in [0.29, 0.717) is 5.69 Å². The third-order valence-corrected chi connectivity index (χ3v) is 2.73. The Morgan fingerprint density at radius 2 is 2.05 bits per heavy atom. The van der Waals surface area contributed by atoms with Crippen molar-refractivity contribution in [1.82, 2.24) is 9.97 Å². The zero-order chi connectivity index (χ0) is 14.7. The van der Waals surface area contributed by atoms with Crippen LogP contribution < -0.4 is 16.6 Å². The van der Waals surface area contributed by atoms with Crippen LogP contribution in [0, 0.1) is 20.8 Å². The summed E-state index contributed by atoms with van der Waals surface area (Å²) in [5.74, 6) is 0.357. The number of benzene rings is 1. The minimum Gasteiger partial charge on any atom is -0.369 e. The molecule has 0 amide bonds. The lowest BCUT2D eigenvalue weighted by Crippen LogP contribution is -2.23. The van der Waals surface area contributed by atoms with Gasteiger partial charge in [-0.2, -0.15) is 4.99 Å². The molecule has 0 aliphatic heterocycles. The Kier molecular flexibility index (Phi) is 3.84. The van der Waals surface area contributed by atoms with Gasteiger partial charge in [-0.1, -0.05) is 17.7 Å². The number of H-pyrrole nitrogens is 1. The second-order valence-electron chi connectivity index (χ2n) is 4.65. The van der Waals surface area contributed by atoms with Crippen molar-refractivity contribution in [2.75, 3.05) is 5.32 Å². The Morgan fingerprint density at radius 3 is 2.70 bits per heavy atom. The van der Waals surface area contributed by atoms with Gasteiger partial charge in [0, 0.05) is 17.4 Å².